The molecule has 0 bridgehead atoms. The van der Waals surface area contributed by atoms with Gasteiger partial charge < -0.3 is 24.2 Å². The van der Waals surface area contributed by atoms with E-state index in [-0.39, 0.29) is 25.9 Å². The molecule has 476 valence electrons. The van der Waals surface area contributed by atoms with E-state index in [2.05, 4.69) is 93.7 Å². The third-order valence-corrected chi connectivity index (χ3v) is 15.5. The van der Waals surface area contributed by atoms with E-state index in [1.165, 1.54) is 148 Å². The highest BCUT2D eigenvalue weighted by atomic mass is 31.2. The average molecular weight is 1170 g/mol. The smallest absolute Gasteiger partial charge is 0.462 e. The molecule has 3 unspecified atom stereocenters. The first-order valence-corrected chi connectivity index (χ1v) is 35.3. The number of aliphatic hydroxyl groups is 1. The van der Waals surface area contributed by atoms with Gasteiger partial charge >= 0.3 is 25.7 Å². The van der Waals surface area contributed by atoms with E-state index in [4.69, 9.17) is 23.3 Å². The minimum atomic E-state index is -4.76. The van der Waals surface area contributed by atoms with Crippen LogP contribution in [0.1, 0.15) is 316 Å². The minimum Gasteiger partial charge on any atom is -0.462 e. The molecule has 11 nitrogen and oxygen atoms in total. The van der Waals surface area contributed by atoms with Crippen molar-refractivity contribution < 1.29 is 52.2 Å². The van der Waals surface area contributed by atoms with Crippen LogP contribution < -0.4 is 0 Å². The molecule has 0 saturated heterocycles. The molecule has 0 radical (unpaired) electrons. The van der Waals surface area contributed by atoms with Crippen LogP contribution in [-0.4, -0.2) is 66.5 Å². The highest BCUT2D eigenvalue weighted by molar-refractivity contribution is 7.47. The van der Waals surface area contributed by atoms with Crippen LogP contribution in [0.2, 0.25) is 0 Å². The molecule has 12 heteroatoms. The maximum absolute atomic E-state index is 13.0. The van der Waals surface area contributed by atoms with Gasteiger partial charge in [-0.2, -0.15) is 0 Å². The molecule has 0 aliphatic carbocycles. The van der Waals surface area contributed by atoms with Crippen molar-refractivity contribution in [3.63, 3.8) is 0 Å². The Morgan fingerprint density at radius 2 is 0.598 bits per heavy atom. The quantitative estimate of drug-likeness (QED) is 0.0197. The Kier molecular flexibility index (Phi) is 61.5. The number of hydrogen-bond acceptors (Lipinski definition) is 10. The number of phosphoric acid groups is 1. The lowest BCUT2D eigenvalue weighted by atomic mass is 10.1. The van der Waals surface area contributed by atoms with Gasteiger partial charge in [-0.05, 0) is 116 Å². The third kappa shape index (κ3) is 61.5. The lowest BCUT2D eigenvalue weighted by molar-refractivity contribution is -0.161. The molecule has 0 aromatic heterocycles. The van der Waals surface area contributed by atoms with Crippen molar-refractivity contribution in [3.05, 3.63) is 72.9 Å². The second-order valence-corrected chi connectivity index (χ2v) is 24.1. The molecule has 0 amide bonds. The van der Waals surface area contributed by atoms with Crippen LogP contribution in [0.25, 0.3) is 0 Å². The van der Waals surface area contributed by atoms with E-state index in [1.807, 2.05) is 0 Å². The summed E-state index contributed by atoms with van der Waals surface area (Å²) in [6.45, 7) is 4.62. The van der Waals surface area contributed by atoms with Crippen molar-refractivity contribution in [3.8, 4) is 0 Å². The Morgan fingerprint density at radius 3 is 0.951 bits per heavy atom. The Morgan fingerprint density at radius 1 is 0.341 bits per heavy atom. The zero-order valence-corrected chi connectivity index (χ0v) is 53.8. The number of unbranched alkanes of at least 4 members (excludes halogenated alkanes) is 34. The van der Waals surface area contributed by atoms with Crippen molar-refractivity contribution in [1.82, 2.24) is 0 Å². The first-order valence-electron chi connectivity index (χ1n) is 33.8. The van der Waals surface area contributed by atoms with Crippen LogP contribution in [0.3, 0.4) is 0 Å². The van der Waals surface area contributed by atoms with E-state index < -0.39 is 57.8 Å². The Bertz CT molecular complexity index is 1650. The van der Waals surface area contributed by atoms with Gasteiger partial charge in [0.1, 0.15) is 12.7 Å². The summed E-state index contributed by atoms with van der Waals surface area (Å²) in [6.07, 6.45) is 74.1. The van der Waals surface area contributed by atoms with Gasteiger partial charge in [-0.25, -0.2) is 4.57 Å². The van der Waals surface area contributed by atoms with Crippen molar-refractivity contribution in [1.29, 1.82) is 0 Å². The fourth-order valence-electron chi connectivity index (χ4n) is 9.39. The topological polar surface area (TPSA) is 155 Å². The first-order chi connectivity index (χ1) is 40.2. The Labute approximate surface area is 503 Å². The molecule has 82 heavy (non-hydrogen) atoms. The van der Waals surface area contributed by atoms with Crippen LogP contribution >= 0.6 is 7.82 Å². The normalized spacial score (nSPS) is 13.7. The number of hydrogen-bond donors (Lipinski definition) is 2. The minimum absolute atomic E-state index is 0.161. The standard InChI is InChI=1S/C70H125O11P/c1-4-7-10-13-16-19-22-25-28-31-33-36-38-41-44-47-50-53-56-59-68(72)77-63-67(81-70(74)61-58-55-52-49-46-43-40-37-34-32-29-26-23-20-17-14-11-8-5-2)65-79-82(75,76)78-64-66(62-71)80-69(73)60-57-54-51-48-45-42-39-35-30-27-24-21-18-15-12-9-6-3/h16,18-19,21,25-30,33,36,66-67,71H,4-15,17,20,22-24,31-32,34-35,37-65H2,1-3H3,(H,75,76)/b19-16-,21-18-,28-25-,29-26-,30-27-,36-33-. The molecule has 0 aromatic carbocycles. The summed E-state index contributed by atoms with van der Waals surface area (Å²) in [5.41, 5.74) is 0. The van der Waals surface area contributed by atoms with Gasteiger partial charge in [0.25, 0.3) is 0 Å². The summed E-state index contributed by atoms with van der Waals surface area (Å²) in [6, 6.07) is 0. The summed E-state index contributed by atoms with van der Waals surface area (Å²) in [4.78, 5) is 48.9. The van der Waals surface area contributed by atoms with Crippen LogP contribution in [0.4, 0.5) is 0 Å². The predicted octanol–water partition coefficient (Wildman–Crippen LogP) is 20.8. The second-order valence-electron chi connectivity index (χ2n) is 22.6. The molecular formula is C70H125O11P. The van der Waals surface area contributed by atoms with Crippen molar-refractivity contribution in [2.75, 3.05) is 26.4 Å². The summed E-state index contributed by atoms with van der Waals surface area (Å²) in [7, 11) is -4.76. The molecule has 0 aromatic rings. The molecule has 0 fully saturated rings. The van der Waals surface area contributed by atoms with Crippen molar-refractivity contribution in [2.45, 2.75) is 328 Å². The van der Waals surface area contributed by atoms with Gasteiger partial charge in [0.2, 0.25) is 0 Å². The van der Waals surface area contributed by atoms with E-state index in [1.54, 1.807) is 0 Å². The van der Waals surface area contributed by atoms with Gasteiger partial charge in [0.15, 0.2) is 6.10 Å². The highest BCUT2D eigenvalue weighted by Crippen LogP contribution is 2.43. The maximum atomic E-state index is 13.0. The van der Waals surface area contributed by atoms with Crippen molar-refractivity contribution in [2.24, 2.45) is 0 Å². The summed E-state index contributed by atoms with van der Waals surface area (Å²) in [5.74, 6) is -1.47. The van der Waals surface area contributed by atoms with Gasteiger partial charge in [-0.3, -0.25) is 23.4 Å². The van der Waals surface area contributed by atoms with Crippen molar-refractivity contribution >= 4 is 25.7 Å². The molecule has 3 atom stereocenters. The summed E-state index contributed by atoms with van der Waals surface area (Å²) >= 11 is 0. The number of phosphoric ester groups is 1. The number of ether oxygens (including phenoxy) is 3. The lowest BCUT2D eigenvalue weighted by Gasteiger charge is -2.21. The number of carbonyl (C=O) groups is 3. The number of allylic oxidation sites excluding steroid dienone is 12. The largest absolute Gasteiger partial charge is 0.472 e. The maximum Gasteiger partial charge on any atom is 0.472 e. The highest BCUT2D eigenvalue weighted by Gasteiger charge is 2.28. The number of carbonyl (C=O) groups excluding carboxylic acids is 3. The van der Waals surface area contributed by atoms with Gasteiger partial charge in [-0.1, -0.05) is 254 Å². The summed E-state index contributed by atoms with van der Waals surface area (Å²) in [5, 5.41) is 9.87. The lowest BCUT2D eigenvalue weighted by Crippen LogP contribution is -2.30. The van der Waals surface area contributed by atoms with E-state index >= 15 is 0 Å². The van der Waals surface area contributed by atoms with Crippen LogP contribution in [-0.2, 0) is 42.2 Å². The number of aliphatic hydroxyl groups excluding tert-OH is 1. The molecule has 0 heterocycles. The fraction of sp³-hybridized carbons (Fsp3) is 0.786. The second kappa shape index (κ2) is 63.9. The summed E-state index contributed by atoms with van der Waals surface area (Å²) < 4.78 is 39.8. The Hall–Kier alpha value is -3.08. The molecule has 0 aliphatic rings. The average Bonchev–Trinajstić information content (AvgIpc) is 3.47. The molecule has 0 spiro atoms. The predicted molar refractivity (Wildman–Crippen MR) is 344 cm³/mol. The number of rotatable bonds is 63. The number of esters is 3. The molecule has 0 aliphatic heterocycles. The Balaban J connectivity index is 4.71. The van der Waals surface area contributed by atoms with Gasteiger partial charge in [-0.15, -0.1) is 0 Å². The first kappa shape index (κ1) is 78.9. The van der Waals surface area contributed by atoms with Gasteiger partial charge in [0, 0.05) is 19.3 Å². The zero-order chi connectivity index (χ0) is 59.8. The van der Waals surface area contributed by atoms with E-state index in [9.17, 15) is 28.9 Å². The van der Waals surface area contributed by atoms with E-state index in [0.717, 1.165) is 109 Å². The molecule has 0 saturated carbocycles. The third-order valence-electron chi connectivity index (χ3n) is 14.6. The zero-order valence-electron chi connectivity index (χ0n) is 53.0. The van der Waals surface area contributed by atoms with Crippen LogP contribution in [0, 0.1) is 0 Å². The van der Waals surface area contributed by atoms with Gasteiger partial charge in [0.05, 0.1) is 19.8 Å². The monoisotopic (exact) mass is 1170 g/mol. The van der Waals surface area contributed by atoms with Crippen LogP contribution in [0.5, 0.6) is 0 Å². The fourth-order valence-corrected chi connectivity index (χ4v) is 10.2. The van der Waals surface area contributed by atoms with E-state index in [0.29, 0.717) is 19.3 Å². The molecular weight excluding hydrogens is 1050 g/mol. The molecule has 0 rings (SSSR count). The molecule has 2 N–H and O–H groups in total. The van der Waals surface area contributed by atoms with Crippen LogP contribution in [0.15, 0.2) is 72.9 Å². The SMILES string of the molecule is CCCCC/C=C\C/C=C\C/C=C\CCCCCCCCC(=O)OCC(COP(=O)(O)OCC(CO)OC(=O)CCCCCCCCC/C=C\C/C=C\CCCCC)OC(=O)CCCCCCCCCCC/C=C\CCCCCCCC.